The summed E-state index contributed by atoms with van der Waals surface area (Å²) in [7, 11) is 0. The number of hydrogen-bond donors (Lipinski definition) is 1. The number of benzene rings is 3. The van der Waals surface area contributed by atoms with E-state index < -0.39 is 0 Å². The van der Waals surface area contributed by atoms with E-state index in [-0.39, 0.29) is 0 Å². The van der Waals surface area contributed by atoms with Gasteiger partial charge in [-0.3, -0.25) is 5.41 Å². The minimum atomic E-state index is 0.743. The molecule has 0 aliphatic carbocycles. The van der Waals surface area contributed by atoms with Crippen molar-refractivity contribution >= 4 is 21.7 Å². The average molecular weight is 272 g/mol. The standard InChI is InChI=1S/C19H13NO/c20-16-12-18(14-7-2-1-3-8-14)21-17-11-10-13-6-4-5-9-15(13)19(16)17/h1-12,20H/p+1. The van der Waals surface area contributed by atoms with Gasteiger partial charge in [-0.05, 0) is 16.8 Å². The van der Waals surface area contributed by atoms with Crippen molar-refractivity contribution in [1.82, 2.24) is 0 Å². The second-order valence-corrected chi connectivity index (χ2v) is 5.09. The molecule has 2 heteroatoms. The van der Waals surface area contributed by atoms with Crippen molar-refractivity contribution < 1.29 is 9.83 Å². The van der Waals surface area contributed by atoms with Gasteiger partial charge in [-0.15, -0.1) is 0 Å². The Balaban J connectivity index is 2.09. The number of hydrogen-bond acceptors (Lipinski definition) is 1. The second kappa shape index (κ2) is 4.60. The van der Waals surface area contributed by atoms with Gasteiger partial charge in [-0.25, -0.2) is 0 Å². The van der Waals surface area contributed by atoms with Crippen LogP contribution < -0.4 is 10.8 Å². The molecule has 100 valence electrons. The predicted molar refractivity (Wildman–Crippen MR) is 84.2 cm³/mol. The fraction of sp³-hybridized carbons (Fsp3) is 0. The van der Waals surface area contributed by atoms with Gasteiger partial charge in [-0.1, -0.05) is 60.7 Å². The summed E-state index contributed by atoms with van der Waals surface area (Å²) in [4.78, 5) is 0. The molecule has 1 aromatic heterocycles. The molecule has 0 aliphatic heterocycles. The van der Waals surface area contributed by atoms with Gasteiger partial charge < -0.3 is 4.42 Å². The van der Waals surface area contributed by atoms with E-state index in [9.17, 15) is 0 Å². The maximum Gasteiger partial charge on any atom is 0.212 e. The molecule has 21 heavy (non-hydrogen) atoms. The highest BCUT2D eigenvalue weighted by molar-refractivity contribution is 6.05. The Morgan fingerprint density at radius 1 is 0.762 bits per heavy atom. The first kappa shape index (κ1) is 11.9. The first-order valence-corrected chi connectivity index (χ1v) is 6.92. The SMILES string of the molecule is [NH2+]=c1cc(-c2ccccc2)oc2ccc3ccccc3c12. The van der Waals surface area contributed by atoms with Gasteiger partial charge in [0.15, 0.2) is 0 Å². The van der Waals surface area contributed by atoms with Crippen molar-refractivity contribution in [2.75, 3.05) is 0 Å². The molecule has 0 atom stereocenters. The minimum Gasteiger partial charge on any atom is -0.456 e. The van der Waals surface area contributed by atoms with Crippen molar-refractivity contribution in [3.05, 3.63) is 78.2 Å². The maximum absolute atomic E-state index is 6.30. The van der Waals surface area contributed by atoms with Crippen LogP contribution in [0.4, 0.5) is 0 Å². The zero-order valence-corrected chi connectivity index (χ0v) is 11.4. The van der Waals surface area contributed by atoms with Crippen molar-refractivity contribution in [2.45, 2.75) is 0 Å². The van der Waals surface area contributed by atoms with E-state index in [2.05, 4.69) is 18.2 Å². The summed E-state index contributed by atoms with van der Waals surface area (Å²) in [5.74, 6) is 0.788. The first-order valence-electron chi connectivity index (χ1n) is 6.92. The minimum absolute atomic E-state index is 0.743. The molecule has 0 saturated heterocycles. The van der Waals surface area contributed by atoms with Gasteiger partial charge in [0.2, 0.25) is 5.36 Å². The Morgan fingerprint density at radius 3 is 2.38 bits per heavy atom. The quantitative estimate of drug-likeness (QED) is 0.532. The highest BCUT2D eigenvalue weighted by atomic mass is 16.3. The van der Waals surface area contributed by atoms with Crippen LogP contribution >= 0.6 is 0 Å². The van der Waals surface area contributed by atoms with Crippen LogP contribution in [0.25, 0.3) is 33.1 Å². The summed E-state index contributed by atoms with van der Waals surface area (Å²) in [5.41, 5.74) is 1.84. The molecular formula is C19H14NO+. The lowest BCUT2D eigenvalue weighted by molar-refractivity contribution is -0.170. The maximum atomic E-state index is 6.30. The molecule has 0 unspecified atom stereocenters. The van der Waals surface area contributed by atoms with Crippen LogP contribution in [0.15, 0.2) is 77.2 Å². The van der Waals surface area contributed by atoms with Gasteiger partial charge in [0, 0.05) is 5.56 Å². The monoisotopic (exact) mass is 272 g/mol. The number of rotatable bonds is 1. The summed E-state index contributed by atoms with van der Waals surface area (Å²) in [6.45, 7) is 0. The third kappa shape index (κ3) is 1.93. The molecule has 0 radical (unpaired) electrons. The Bertz CT molecular complexity index is 1000. The molecule has 2 nitrogen and oxygen atoms in total. The summed E-state index contributed by atoms with van der Waals surface area (Å²) < 4.78 is 6.06. The number of nitrogens with two attached hydrogens (primary N) is 1. The molecular weight excluding hydrogens is 258 g/mol. The van der Waals surface area contributed by atoms with E-state index in [1.165, 1.54) is 5.39 Å². The van der Waals surface area contributed by atoms with E-state index in [1.54, 1.807) is 0 Å². The normalized spacial score (nSPS) is 11.0. The van der Waals surface area contributed by atoms with Crippen LogP contribution in [0.2, 0.25) is 0 Å². The van der Waals surface area contributed by atoms with Crippen molar-refractivity contribution in [3.63, 3.8) is 0 Å². The molecule has 0 bridgehead atoms. The van der Waals surface area contributed by atoms with E-state index in [4.69, 9.17) is 9.83 Å². The van der Waals surface area contributed by atoms with Crippen molar-refractivity contribution in [2.24, 2.45) is 0 Å². The smallest absolute Gasteiger partial charge is 0.212 e. The van der Waals surface area contributed by atoms with Gasteiger partial charge >= 0.3 is 0 Å². The lowest BCUT2D eigenvalue weighted by atomic mass is 10.0. The zero-order valence-electron chi connectivity index (χ0n) is 11.4. The Kier molecular flexibility index (Phi) is 2.61. The molecule has 1 heterocycles. The van der Waals surface area contributed by atoms with E-state index in [0.717, 1.165) is 33.0 Å². The Hall–Kier alpha value is -2.87. The van der Waals surface area contributed by atoms with Crippen LogP contribution in [0.3, 0.4) is 0 Å². The fourth-order valence-corrected chi connectivity index (χ4v) is 2.74. The summed E-state index contributed by atoms with van der Waals surface area (Å²) in [6, 6.07) is 24.2. The molecule has 4 rings (SSSR count). The van der Waals surface area contributed by atoms with Crippen LogP contribution in [0.5, 0.6) is 0 Å². The third-order valence-corrected chi connectivity index (χ3v) is 3.74. The molecule has 3 aromatic carbocycles. The van der Waals surface area contributed by atoms with E-state index in [1.807, 2.05) is 54.6 Å². The number of fused-ring (bicyclic) bond motifs is 3. The molecule has 4 aromatic rings. The van der Waals surface area contributed by atoms with Crippen LogP contribution in [0.1, 0.15) is 0 Å². The van der Waals surface area contributed by atoms with Crippen LogP contribution in [0, 0.1) is 0 Å². The highest BCUT2D eigenvalue weighted by Gasteiger charge is 2.10. The summed E-state index contributed by atoms with van der Waals surface area (Å²) in [6.07, 6.45) is 0. The lowest BCUT2D eigenvalue weighted by Gasteiger charge is -2.05. The van der Waals surface area contributed by atoms with Crippen molar-refractivity contribution in [3.8, 4) is 11.3 Å². The Morgan fingerprint density at radius 2 is 1.52 bits per heavy atom. The molecule has 0 aliphatic rings. The van der Waals surface area contributed by atoms with Gasteiger partial charge in [0.25, 0.3) is 0 Å². The molecule has 0 amide bonds. The Labute approximate surface area is 121 Å². The largest absolute Gasteiger partial charge is 0.456 e. The second-order valence-electron chi connectivity index (χ2n) is 5.09. The molecule has 0 saturated carbocycles. The van der Waals surface area contributed by atoms with Gasteiger partial charge in [0.05, 0.1) is 11.5 Å². The average Bonchev–Trinajstić information content (AvgIpc) is 2.55. The highest BCUT2D eigenvalue weighted by Crippen LogP contribution is 2.26. The zero-order chi connectivity index (χ0) is 14.2. The first-order chi connectivity index (χ1) is 10.3. The topological polar surface area (TPSA) is 38.7 Å². The van der Waals surface area contributed by atoms with Crippen LogP contribution in [-0.2, 0) is 0 Å². The van der Waals surface area contributed by atoms with E-state index in [0.29, 0.717) is 0 Å². The van der Waals surface area contributed by atoms with Crippen molar-refractivity contribution in [1.29, 1.82) is 0 Å². The fourth-order valence-electron chi connectivity index (χ4n) is 2.74. The molecule has 0 spiro atoms. The molecule has 0 fully saturated rings. The molecule has 2 N–H and O–H groups in total. The van der Waals surface area contributed by atoms with E-state index >= 15 is 0 Å². The van der Waals surface area contributed by atoms with Gasteiger partial charge in [-0.2, -0.15) is 0 Å². The third-order valence-electron chi connectivity index (χ3n) is 3.74. The summed E-state index contributed by atoms with van der Waals surface area (Å²) in [5, 5.41) is 10.3. The van der Waals surface area contributed by atoms with Crippen LogP contribution in [-0.4, -0.2) is 0 Å². The van der Waals surface area contributed by atoms with Gasteiger partial charge in [0.1, 0.15) is 11.3 Å². The lowest BCUT2D eigenvalue weighted by Crippen LogP contribution is -2.45. The predicted octanol–water partition coefficient (Wildman–Crippen LogP) is 2.91. The summed E-state index contributed by atoms with van der Waals surface area (Å²) >= 11 is 0.